The predicted octanol–water partition coefficient (Wildman–Crippen LogP) is -0.00893. The van der Waals surface area contributed by atoms with E-state index in [4.69, 9.17) is 10.5 Å². The Labute approximate surface area is 86.2 Å². The minimum absolute atomic E-state index is 0.0590. The third-order valence-electron chi connectivity index (χ3n) is 1.66. The fourth-order valence-corrected chi connectivity index (χ4v) is 2.08. The minimum Gasteiger partial charge on any atom is -0.481 e. The molecular formula is C8H10N2O4P+. The first-order valence-electron chi connectivity index (χ1n) is 4.00. The van der Waals surface area contributed by atoms with E-state index in [-0.39, 0.29) is 5.44 Å². The molecule has 7 heteroatoms. The largest absolute Gasteiger partial charge is 0.481 e. The number of pyridine rings is 1. The van der Waals surface area contributed by atoms with E-state index in [2.05, 4.69) is 4.98 Å². The maximum Gasteiger partial charge on any atom is 0.367 e. The summed E-state index contributed by atoms with van der Waals surface area (Å²) in [5, 5.41) is 15.7. The number of hydrogen-bond acceptors (Lipinski definition) is 5. The molecule has 0 amide bonds. The molecule has 1 heterocycles. The van der Waals surface area contributed by atoms with Gasteiger partial charge < -0.3 is 5.11 Å². The van der Waals surface area contributed by atoms with E-state index in [0.29, 0.717) is 0 Å². The summed E-state index contributed by atoms with van der Waals surface area (Å²) in [7, 11) is -3.85. The van der Waals surface area contributed by atoms with E-state index in [1.54, 1.807) is 6.07 Å². The zero-order chi connectivity index (χ0) is 11.5. The van der Waals surface area contributed by atoms with Crippen molar-refractivity contribution in [1.82, 2.24) is 4.98 Å². The van der Waals surface area contributed by atoms with Gasteiger partial charge in [-0.25, -0.2) is 14.8 Å². The first kappa shape index (κ1) is 11.7. The molecule has 0 fully saturated rings. The number of hydrogen-bond donors (Lipinski definition) is 4. The Morgan fingerprint density at radius 1 is 1.47 bits per heavy atom. The maximum atomic E-state index is 10.3. The number of carboxylic acid groups (broad SMARTS) is 1. The molecule has 1 aromatic heterocycles. The highest BCUT2D eigenvalue weighted by Crippen LogP contribution is 2.49. The molecule has 1 aromatic rings. The van der Waals surface area contributed by atoms with Crippen molar-refractivity contribution in [3.05, 3.63) is 24.4 Å². The van der Waals surface area contributed by atoms with Crippen LogP contribution in [-0.2, 0) is 4.79 Å². The molecule has 0 aliphatic carbocycles. The SMILES string of the molecule is N=C(CC(=O)O)[P+](O)(O)c1ccccn1. The lowest BCUT2D eigenvalue weighted by molar-refractivity contribution is -0.135. The van der Waals surface area contributed by atoms with Crippen LogP contribution in [0, 0.1) is 5.41 Å². The fourth-order valence-electron chi connectivity index (χ4n) is 0.930. The van der Waals surface area contributed by atoms with Crippen LogP contribution in [0.4, 0.5) is 0 Å². The fraction of sp³-hybridized carbons (Fsp3) is 0.125. The molecule has 0 bridgehead atoms. The van der Waals surface area contributed by atoms with Gasteiger partial charge in [0.25, 0.3) is 0 Å². The summed E-state index contributed by atoms with van der Waals surface area (Å²) in [5.74, 6) is -1.27. The lowest BCUT2D eigenvalue weighted by atomic mass is 10.5. The van der Waals surface area contributed by atoms with Gasteiger partial charge in [-0.05, 0) is 6.07 Å². The number of rotatable bonds is 4. The van der Waals surface area contributed by atoms with Gasteiger partial charge in [0.2, 0.25) is 10.9 Å². The first-order valence-corrected chi connectivity index (χ1v) is 5.70. The number of aromatic nitrogens is 1. The molecule has 0 spiro atoms. The van der Waals surface area contributed by atoms with E-state index < -0.39 is 25.6 Å². The number of carboxylic acids is 1. The summed E-state index contributed by atoms with van der Waals surface area (Å²) in [6.45, 7) is 0. The zero-order valence-corrected chi connectivity index (χ0v) is 8.56. The summed E-state index contributed by atoms with van der Waals surface area (Å²) in [6.07, 6.45) is 0.655. The van der Waals surface area contributed by atoms with Gasteiger partial charge in [-0.15, -0.1) is 0 Å². The highest BCUT2D eigenvalue weighted by atomic mass is 31.2. The molecule has 6 nitrogen and oxygen atoms in total. The van der Waals surface area contributed by atoms with Gasteiger partial charge in [-0.2, -0.15) is 0 Å². The molecule has 0 saturated heterocycles. The van der Waals surface area contributed by atoms with E-state index >= 15 is 0 Å². The quantitative estimate of drug-likeness (QED) is 0.428. The van der Waals surface area contributed by atoms with Gasteiger partial charge in [0.15, 0.2) is 0 Å². The molecule has 80 valence electrons. The second-order valence-electron chi connectivity index (χ2n) is 2.81. The van der Waals surface area contributed by atoms with Gasteiger partial charge in [0.1, 0.15) is 6.42 Å². The van der Waals surface area contributed by atoms with Gasteiger partial charge in [0, 0.05) is 12.3 Å². The number of nitrogens with zero attached hydrogens (tertiary/aromatic N) is 1. The predicted molar refractivity (Wildman–Crippen MR) is 55.2 cm³/mol. The summed E-state index contributed by atoms with van der Waals surface area (Å²) in [5.41, 5.74) is -0.676. The molecule has 0 radical (unpaired) electrons. The van der Waals surface area contributed by atoms with Gasteiger partial charge >= 0.3 is 13.7 Å². The van der Waals surface area contributed by atoms with Gasteiger partial charge in [-0.3, -0.25) is 10.2 Å². The average Bonchev–Trinajstić information content (AvgIpc) is 2.18. The van der Waals surface area contributed by atoms with Crippen LogP contribution >= 0.6 is 7.72 Å². The normalized spacial score (nSPS) is 11.1. The highest BCUT2D eigenvalue weighted by molar-refractivity contribution is 7.87. The van der Waals surface area contributed by atoms with Gasteiger partial charge in [-0.1, -0.05) is 6.07 Å². The van der Waals surface area contributed by atoms with Crippen LogP contribution in [0.3, 0.4) is 0 Å². The van der Waals surface area contributed by atoms with Gasteiger partial charge in [0.05, 0.1) is 0 Å². The van der Waals surface area contributed by atoms with E-state index in [9.17, 15) is 14.6 Å². The van der Waals surface area contributed by atoms with Crippen molar-refractivity contribution in [2.75, 3.05) is 0 Å². The topological polar surface area (TPSA) is 115 Å². The average molecular weight is 229 g/mol. The Hall–Kier alpha value is -1.36. The molecule has 0 unspecified atom stereocenters. The maximum absolute atomic E-state index is 10.3. The van der Waals surface area contributed by atoms with Crippen LogP contribution in [0.2, 0.25) is 0 Å². The highest BCUT2D eigenvalue weighted by Gasteiger charge is 2.45. The molecule has 1 rings (SSSR count). The summed E-state index contributed by atoms with van der Waals surface area (Å²) >= 11 is 0. The van der Waals surface area contributed by atoms with Crippen molar-refractivity contribution in [2.24, 2.45) is 0 Å². The minimum atomic E-state index is -3.85. The van der Waals surface area contributed by atoms with Crippen molar-refractivity contribution < 1.29 is 19.7 Å². The summed E-state index contributed by atoms with van der Waals surface area (Å²) in [4.78, 5) is 33.3. The zero-order valence-electron chi connectivity index (χ0n) is 7.66. The van der Waals surface area contributed by atoms with Crippen molar-refractivity contribution in [3.8, 4) is 0 Å². The van der Waals surface area contributed by atoms with E-state index in [1.165, 1.54) is 18.3 Å². The second kappa shape index (κ2) is 4.44. The lowest BCUT2D eigenvalue weighted by Gasteiger charge is -2.09. The third kappa shape index (κ3) is 2.79. The summed E-state index contributed by atoms with van der Waals surface area (Å²) < 4.78 is 0. The van der Waals surface area contributed by atoms with E-state index in [1.807, 2.05) is 0 Å². The van der Waals surface area contributed by atoms with Crippen LogP contribution in [0.1, 0.15) is 6.42 Å². The van der Waals surface area contributed by atoms with Crippen LogP contribution in [0.15, 0.2) is 24.4 Å². The number of carbonyl (C=O) groups is 1. The first-order chi connectivity index (χ1) is 6.94. The smallest absolute Gasteiger partial charge is 0.367 e. The van der Waals surface area contributed by atoms with Crippen molar-refractivity contribution >= 4 is 24.6 Å². The standard InChI is InChI=1S/C8H9N2O4P/c9-6(5-8(11)12)15(13,14)7-3-1-2-4-10-7/h1-4,9,13-14H,5H2/p+1. The summed E-state index contributed by atoms with van der Waals surface area (Å²) in [6, 6.07) is 4.48. The molecule has 0 aliphatic rings. The van der Waals surface area contributed by atoms with Crippen molar-refractivity contribution in [3.63, 3.8) is 0 Å². The van der Waals surface area contributed by atoms with Crippen LogP contribution in [-0.4, -0.2) is 31.3 Å². The van der Waals surface area contributed by atoms with Crippen LogP contribution in [0.5, 0.6) is 0 Å². The Balaban J connectivity index is 2.92. The number of aliphatic carboxylic acids is 1. The Bertz CT molecular complexity index is 379. The second-order valence-corrected chi connectivity index (χ2v) is 5.01. The van der Waals surface area contributed by atoms with Crippen molar-refractivity contribution in [1.29, 1.82) is 5.41 Å². The Morgan fingerprint density at radius 2 is 2.13 bits per heavy atom. The molecule has 0 aromatic carbocycles. The monoisotopic (exact) mass is 229 g/mol. The third-order valence-corrected chi connectivity index (χ3v) is 3.48. The molecule has 0 aliphatic heterocycles. The van der Waals surface area contributed by atoms with Crippen LogP contribution < -0.4 is 5.44 Å². The molecule has 15 heavy (non-hydrogen) atoms. The Morgan fingerprint density at radius 3 is 2.60 bits per heavy atom. The number of nitrogens with one attached hydrogen (secondary N) is 1. The lowest BCUT2D eigenvalue weighted by Crippen LogP contribution is -2.22. The molecule has 0 saturated carbocycles. The Kier molecular flexibility index (Phi) is 3.47. The van der Waals surface area contributed by atoms with E-state index in [0.717, 1.165) is 0 Å². The molecule has 4 N–H and O–H groups in total. The van der Waals surface area contributed by atoms with Crippen LogP contribution in [0.25, 0.3) is 0 Å². The molecule has 0 atom stereocenters. The van der Waals surface area contributed by atoms with Crippen molar-refractivity contribution in [2.45, 2.75) is 6.42 Å². The molecular weight excluding hydrogens is 219 g/mol.